The largest absolute Gasteiger partial charge is 0.479 e. The highest BCUT2D eigenvalue weighted by molar-refractivity contribution is 14.1. The monoisotopic (exact) mass is 485 g/mol. The Morgan fingerprint density at radius 3 is 2.54 bits per heavy atom. The summed E-state index contributed by atoms with van der Waals surface area (Å²) in [7, 11) is 0. The minimum absolute atomic E-state index is 0.0312. The zero-order chi connectivity index (χ0) is 18.1. The fraction of sp³-hybridized carbons (Fsp3) is 0.588. The fourth-order valence-electron chi connectivity index (χ4n) is 2.91. The van der Waals surface area contributed by atoms with E-state index in [4.69, 9.17) is 27.9 Å². The number of halogens is 3. The summed E-state index contributed by atoms with van der Waals surface area (Å²) in [5.41, 5.74) is 0.656. The van der Waals surface area contributed by atoms with E-state index in [0.29, 0.717) is 16.6 Å². The highest BCUT2D eigenvalue weighted by Gasteiger charge is 2.43. The van der Waals surface area contributed by atoms with E-state index < -0.39 is 12.1 Å². The first-order valence-corrected chi connectivity index (χ1v) is 10.1. The summed E-state index contributed by atoms with van der Waals surface area (Å²) in [5, 5.41) is 14.2. The Bertz CT molecular complexity index is 606. The number of carboxylic acid groups (broad SMARTS) is 1. The van der Waals surface area contributed by atoms with Crippen LogP contribution in [0.25, 0.3) is 0 Å². The van der Waals surface area contributed by atoms with Gasteiger partial charge in [-0.3, -0.25) is 0 Å². The van der Waals surface area contributed by atoms with Crippen LogP contribution in [0.2, 0.25) is 10.0 Å². The molecule has 1 aliphatic heterocycles. The molecule has 0 radical (unpaired) electrons. The van der Waals surface area contributed by atoms with Crippen LogP contribution in [0, 0.1) is 5.41 Å². The van der Waals surface area contributed by atoms with Crippen molar-refractivity contribution >= 4 is 51.8 Å². The zero-order valence-corrected chi connectivity index (χ0v) is 17.5. The molecular formula is C17H22Cl2INO3. The molecule has 134 valence electrons. The van der Waals surface area contributed by atoms with E-state index in [1.165, 1.54) is 0 Å². The van der Waals surface area contributed by atoms with Crippen molar-refractivity contribution < 1.29 is 14.6 Å². The van der Waals surface area contributed by atoms with Crippen LogP contribution in [-0.2, 0) is 9.53 Å². The Labute approximate surface area is 166 Å². The molecule has 0 bridgehead atoms. The summed E-state index contributed by atoms with van der Waals surface area (Å²) < 4.78 is 6.82. The molecule has 2 rings (SSSR count). The molecule has 24 heavy (non-hydrogen) atoms. The van der Waals surface area contributed by atoms with Gasteiger partial charge in [-0.25, -0.2) is 4.79 Å². The lowest BCUT2D eigenvalue weighted by atomic mass is 9.87. The molecule has 1 aromatic carbocycles. The SMILES string of the molecule is CC(C)(C)C1CNC(CI)[C@@H](c2ccc(Cl)c(Cl)c2)[C@H](C(=O)O)O1. The molecule has 0 aromatic heterocycles. The second-order valence-corrected chi connectivity index (χ2v) is 8.81. The summed E-state index contributed by atoms with van der Waals surface area (Å²) in [4.78, 5) is 12.0. The van der Waals surface area contributed by atoms with Gasteiger partial charge in [0, 0.05) is 22.9 Å². The van der Waals surface area contributed by atoms with Crippen molar-refractivity contribution in [2.75, 3.05) is 11.0 Å². The van der Waals surface area contributed by atoms with Gasteiger partial charge in [0.2, 0.25) is 0 Å². The normalized spacial score (nSPS) is 28.4. The molecule has 7 heteroatoms. The van der Waals surface area contributed by atoms with Gasteiger partial charge >= 0.3 is 5.97 Å². The summed E-state index contributed by atoms with van der Waals surface area (Å²) in [5.74, 6) is -1.31. The van der Waals surface area contributed by atoms with Crippen LogP contribution in [0.3, 0.4) is 0 Å². The molecule has 4 nitrogen and oxygen atoms in total. The molecule has 2 unspecified atom stereocenters. The Hall–Kier alpha value is -0.0800. The maximum Gasteiger partial charge on any atom is 0.333 e. The number of rotatable bonds is 3. The van der Waals surface area contributed by atoms with Gasteiger partial charge in [0.05, 0.1) is 16.1 Å². The molecule has 0 spiro atoms. The second-order valence-electron chi connectivity index (χ2n) is 7.12. The number of hydrogen-bond donors (Lipinski definition) is 2. The molecule has 2 N–H and O–H groups in total. The van der Waals surface area contributed by atoms with E-state index in [2.05, 4.69) is 48.7 Å². The van der Waals surface area contributed by atoms with E-state index in [0.717, 1.165) is 9.99 Å². The highest BCUT2D eigenvalue weighted by Crippen LogP contribution is 2.36. The van der Waals surface area contributed by atoms with E-state index in [1.807, 2.05) is 6.07 Å². The van der Waals surface area contributed by atoms with Crippen LogP contribution in [0.5, 0.6) is 0 Å². The third-order valence-corrected chi connectivity index (χ3v) is 6.03. The Morgan fingerprint density at radius 2 is 2.04 bits per heavy atom. The minimum atomic E-state index is -0.959. The summed E-state index contributed by atoms with van der Waals surface area (Å²) in [6, 6.07) is 5.24. The molecule has 1 fully saturated rings. The van der Waals surface area contributed by atoms with Gasteiger partial charge in [0.25, 0.3) is 0 Å². The number of aliphatic carboxylic acids is 1. The standard InChI is InChI=1S/C17H22Cl2INO3/c1-17(2,3)13-8-21-12(7-20)14(15(24-13)16(22)23)9-4-5-10(18)11(19)6-9/h4-6,12-15,21H,7-8H2,1-3H3,(H,22,23)/t12?,13?,14-,15-/m1/s1. The maximum absolute atomic E-state index is 12.0. The lowest BCUT2D eigenvalue weighted by Gasteiger charge is -2.32. The molecule has 1 aromatic rings. The zero-order valence-electron chi connectivity index (χ0n) is 13.9. The molecule has 1 heterocycles. The molecular weight excluding hydrogens is 464 g/mol. The molecule has 0 aliphatic carbocycles. The molecule has 1 saturated heterocycles. The molecule has 4 atom stereocenters. The van der Waals surface area contributed by atoms with E-state index in [9.17, 15) is 9.90 Å². The van der Waals surface area contributed by atoms with E-state index >= 15 is 0 Å². The van der Waals surface area contributed by atoms with Crippen LogP contribution >= 0.6 is 45.8 Å². The third kappa shape index (κ3) is 4.55. The third-order valence-electron chi connectivity index (χ3n) is 4.34. The maximum atomic E-state index is 12.0. The quantitative estimate of drug-likeness (QED) is 0.493. The van der Waals surface area contributed by atoms with Gasteiger partial charge in [-0.15, -0.1) is 0 Å². The second kappa shape index (κ2) is 8.08. The number of ether oxygens (including phenoxy) is 1. The summed E-state index contributed by atoms with van der Waals surface area (Å²) >= 11 is 14.4. The Kier molecular flexibility index (Phi) is 6.81. The van der Waals surface area contributed by atoms with Crippen molar-refractivity contribution in [2.24, 2.45) is 5.41 Å². The first-order valence-electron chi connectivity index (χ1n) is 7.77. The average molecular weight is 486 g/mol. The van der Waals surface area contributed by atoms with Crippen molar-refractivity contribution in [1.29, 1.82) is 0 Å². The van der Waals surface area contributed by atoms with Crippen LogP contribution in [0.15, 0.2) is 18.2 Å². The van der Waals surface area contributed by atoms with Crippen molar-refractivity contribution in [3.63, 3.8) is 0 Å². The predicted octanol–water partition coefficient (Wildman–Crippen LogP) is 4.37. The highest BCUT2D eigenvalue weighted by atomic mass is 127. The van der Waals surface area contributed by atoms with Gasteiger partial charge in [-0.05, 0) is 23.1 Å². The van der Waals surface area contributed by atoms with Crippen LogP contribution in [-0.4, -0.2) is 40.3 Å². The average Bonchev–Trinajstić information content (AvgIpc) is 2.69. The number of benzene rings is 1. The topological polar surface area (TPSA) is 58.6 Å². The summed E-state index contributed by atoms with van der Waals surface area (Å²) in [6.07, 6.45) is -1.14. The first kappa shape index (κ1) is 20.2. The van der Waals surface area contributed by atoms with Gasteiger partial charge in [-0.1, -0.05) is 72.6 Å². The smallest absolute Gasteiger partial charge is 0.333 e. The van der Waals surface area contributed by atoms with Crippen LogP contribution in [0.4, 0.5) is 0 Å². The van der Waals surface area contributed by atoms with E-state index in [1.54, 1.807) is 12.1 Å². The van der Waals surface area contributed by atoms with E-state index in [-0.39, 0.29) is 23.5 Å². The number of hydrogen-bond acceptors (Lipinski definition) is 3. The minimum Gasteiger partial charge on any atom is -0.479 e. The van der Waals surface area contributed by atoms with Gasteiger partial charge in [0.15, 0.2) is 6.10 Å². The first-order chi connectivity index (χ1) is 11.1. The summed E-state index contributed by atoms with van der Waals surface area (Å²) in [6.45, 7) is 6.77. The van der Waals surface area contributed by atoms with Gasteiger partial charge < -0.3 is 15.2 Å². The number of nitrogens with one attached hydrogen (secondary N) is 1. The number of carbonyl (C=O) groups is 1. The molecule has 0 amide bonds. The van der Waals surface area contributed by atoms with Gasteiger partial charge in [0.1, 0.15) is 0 Å². The molecule has 1 aliphatic rings. The fourth-order valence-corrected chi connectivity index (χ4v) is 4.07. The Morgan fingerprint density at radius 1 is 1.38 bits per heavy atom. The van der Waals surface area contributed by atoms with Crippen molar-refractivity contribution in [3.05, 3.63) is 33.8 Å². The van der Waals surface area contributed by atoms with Crippen molar-refractivity contribution in [1.82, 2.24) is 5.32 Å². The van der Waals surface area contributed by atoms with Crippen LogP contribution in [0.1, 0.15) is 32.3 Å². The number of carboxylic acids is 1. The van der Waals surface area contributed by atoms with Gasteiger partial charge in [-0.2, -0.15) is 0 Å². The van der Waals surface area contributed by atoms with Crippen molar-refractivity contribution in [3.8, 4) is 0 Å². The van der Waals surface area contributed by atoms with Crippen molar-refractivity contribution in [2.45, 2.75) is 44.9 Å². The van der Waals surface area contributed by atoms with Crippen LogP contribution < -0.4 is 5.32 Å². The lowest BCUT2D eigenvalue weighted by Crippen LogP contribution is -2.42. The Balaban J connectivity index is 2.46. The lowest BCUT2D eigenvalue weighted by molar-refractivity contribution is -0.159. The molecule has 0 saturated carbocycles. The predicted molar refractivity (Wildman–Crippen MR) is 106 cm³/mol. The number of alkyl halides is 1.